The van der Waals surface area contributed by atoms with Gasteiger partial charge in [0.25, 0.3) is 0 Å². The Morgan fingerprint density at radius 3 is 2.65 bits per heavy atom. The molecule has 11 nitrogen and oxygen atoms in total. The van der Waals surface area contributed by atoms with E-state index < -0.39 is 17.0 Å². The number of nitriles is 1. The number of rotatable bonds is 5. The molecule has 13 heteroatoms. The maximum atomic E-state index is 13.2. The zero-order chi connectivity index (χ0) is 29.2. The van der Waals surface area contributed by atoms with Crippen LogP contribution in [0.1, 0.15) is 75.1 Å². The number of ether oxygens (including phenoxy) is 2. The Balaban J connectivity index is 1.42. The highest BCUT2D eigenvalue weighted by Gasteiger charge is 2.44. The SMILES string of the molecule is CC(C)(C)OC(=O)N1CCC(Oc2cc(Cl)nc(/C(N)=N/OC(=O)[C@@]3(C)CCCc4sc(N)c(C#N)c43)c2)CC1. The quantitative estimate of drug-likeness (QED) is 0.168. The summed E-state index contributed by atoms with van der Waals surface area (Å²) in [5, 5.41) is 14.0. The number of thiophene rings is 1. The number of carbonyl (C=O) groups is 2. The number of fused-ring (bicyclic) bond motifs is 1. The summed E-state index contributed by atoms with van der Waals surface area (Å²) in [6.45, 7) is 8.21. The number of aryl methyl sites for hydroxylation is 1. The fourth-order valence-corrected chi connectivity index (χ4v) is 6.28. The highest BCUT2D eigenvalue weighted by molar-refractivity contribution is 7.16. The molecular weight excluding hydrogens is 556 g/mol. The molecule has 0 bridgehead atoms. The molecule has 0 radical (unpaired) electrons. The van der Waals surface area contributed by atoms with Crippen molar-refractivity contribution in [3.05, 3.63) is 39.0 Å². The molecule has 1 amide bonds. The third-order valence-corrected chi connectivity index (χ3v) is 8.13. The van der Waals surface area contributed by atoms with Crippen LogP contribution in [-0.2, 0) is 26.2 Å². The second-order valence-electron chi connectivity index (χ2n) is 11.1. The van der Waals surface area contributed by atoms with Crippen LogP contribution in [0.15, 0.2) is 17.3 Å². The Kier molecular flexibility index (Phi) is 8.46. The van der Waals surface area contributed by atoms with Crippen LogP contribution in [-0.4, -0.2) is 52.6 Å². The van der Waals surface area contributed by atoms with Crippen LogP contribution in [0.4, 0.5) is 9.80 Å². The van der Waals surface area contributed by atoms with E-state index in [1.54, 1.807) is 24.0 Å². The van der Waals surface area contributed by atoms with Gasteiger partial charge in [-0.15, -0.1) is 11.3 Å². The average molecular weight is 589 g/mol. The van der Waals surface area contributed by atoms with Gasteiger partial charge in [0.15, 0.2) is 5.84 Å². The van der Waals surface area contributed by atoms with Crippen LogP contribution >= 0.6 is 22.9 Å². The number of hydrogen-bond donors (Lipinski definition) is 2. The average Bonchev–Trinajstić information content (AvgIpc) is 3.22. The molecule has 1 fully saturated rings. The number of likely N-dealkylation sites (tertiary alicyclic amines) is 1. The summed E-state index contributed by atoms with van der Waals surface area (Å²) in [7, 11) is 0. The summed E-state index contributed by atoms with van der Waals surface area (Å²) in [5.41, 5.74) is 11.6. The van der Waals surface area contributed by atoms with Gasteiger partial charge in [-0.1, -0.05) is 16.8 Å². The lowest BCUT2D eigenvalue weighted by molar-refractivity contribution is -0.150. The van der Waals surface area contributed by atoms with Gasteiger partial charge >= 0.3 is 12.1 Å². The van der Waals surface area contributed by atoms with E-state index in [1.165, 1.54) is 11.3 Å². The highest BCUT2D eigenvalue weighted by Crippen LogP contribution is 2.46. The van der Waals surface area contributed by atoms with Gasteiger partial charge in [0.05, 0.1) is 11.0 Å². The van der Waals surface area contributed by atoms with Gasteiger partial charge in [0, 0.05) is 48.5 Å². The number of halogens is 1. The number of aromatic nitrogens is 1. The van der Waals surface area contributed by atoms with Crippen molar-refractivity contribution in [1.82, 2.24) is 9.88 Å². The van der Waals surface area contributed by atoms with Gasteiger partial charge in [0.1, 0.15) is 39.4 Å². The van der Waals surface area contributed by atoms with Crippen LogP contribution in [0.25, 0.3) is 0 Å². The van der Waals surface area contributed by atoms with Crippen LogP contribution in [0.5, 0.6) is 5.75 Å². The first kappa shape index (κ1) is 29.4. The van der Waals surface area contributed by atoms with Gasteiger partial charge < -0.3 is 30.7 Å². The molecule has 2 aromatic rings. The Bertz CT molecular complexity index is 1370. The van der Waals surface area contributed by atoms with Crippen molar-refractivity contribution in [2.45, 2.75) is 76.9 Å². The summed E-state index contributed by atoms with van der Waals surface area (Å²) in [5.74, 6) is -0.377. The van der Waals surface area contributed by atoms with Gasteiger partial charge in [-0.25, -0.2) is 14.6 Å². The minimum Gasteiger partial charge on any atom is -0.490 e. The highest BCUT2D eigenvalue weighted by atomic mass is 35.5. The van der Waals surface area contributed by atoms with Crippen molar-refractivity contribution in [1.29, 1.82) is 5.26 Å². The number of piperidine rings is 1. The van der Waals surface area contributed by atoms with Gasteiger partial charge in [-0.3, -0.25) is 0 Å². The summed E-state index contributed by atoms with van der Waals surface area (Å²) in [4.78, 5) is 37.5. The lowest BCUT2D eigenvalue weighted by atomic mass is 9.72. The zero-order valence-corrected chi connectivity index (χ0v) is 24.5. The second-order valence-corrected chi connectivity index (χ2v) is 12.6. The smallest absolute Gasteiger partial charge is 0.410 e. The maximum absolute atomic E-state index is 13.2. The number of oxime groups is 1. The van der Waals surface area contributed by atoms with E-state index in [9.17, 15) is 14.9 Å². The Morgan fingerprint density at radius 2 is 2.00 bits per heavy atom. The van der Waals surface area contributed by atoms with E-state index in [-0.39, 0.29) is 28.9 Å². The maximum Gasteiger partial charge on any atom is 0.410 e. The van der Waals surface area contributed by atoms with E-state index in [0.717, 1.165) is 17.7 Å². The van der Waals surface area contributed by atoms with Crippen LogP contribution in [0, 0.1) is 11.3 Å². The Labute approximate surface area is 242 Å². The van der Waals surface area contributed by atoms with E-state index in [1.807, 2.05) is 20.8 Å². The molecule has 4 N–H and O–H groups in total. The summed E-state index contributed by atoms with van der Waals surface area (Å²) >= 11 is 7.54. The molecule has 40 heavy (non-hydrogen) atoms. The minimum absolute atomic E-state index is 0.125. The normalized spacial score (nSPS) is 19.9. The molecule has 1 saturated heterocycles. The molecule has 2 aromatic heterocycles. The van der Waals surface area contributed by atoms with Gasteiger partial charge in [-0.05, 0) is 47.0 Å². The van der Waals surface area contributed by atoms with Crippen LogP contribution in [0.3, 0.4) is 0 Å². The van der Waals surface area contributed by atoms with Gasteiger partial charge in [-0.2, -0.15) is 5.26 Å². The molecule has 214 valence electrons. The number of nitrogens with zero attached hydrogens (tertiary/aromatic N) is 4. The molecule has 0 unspecified atom stereocenters. The first-order valence-electron chi connectivity index (χ1n) is 13.0. The molecule has 0 saturated carbocycles. The van der Waals surface area contributed by atoms with Crippen molar-refractivity contribution in [2.75, 3.05) is 18.8 Å². The monoisotopic (exact) mass is 588 g/mol. The van der Waals surface area contributed by atoms with Crippen molar-refractivity contribution in [3.8, 4) is 11.8 Å². The fraction of sp³-hybridized carbons (Fsp3) is 0.519. The lowest BCUT2D eigenvalue weighted by Crippen LogP contribution is -2.44. The number of hydrogen-bond acceptors (Lipinski definition) is 10. The molecule has 1 aliphatic carbocycles. The molecule has 0 spiro atoms. The molecule has 4 rings (SSSR count). The molecule has 1 atom stereocenters. The predicted octanol–water partition coefficient (Wildman–Crippen LogP) is 4.49. The molecule has 2 aliphatic rings. The van der Waals surface area contributed by atoms with Crippen LogP contribution in [0.2, 0.25) is 5.15 Å². The lowest BCUT2D eigenvalue weighted by Gasteiger charge is -2.33. The molecule has 3 heterocycles. The van der Waals surface area contributed by atoms with Gasteiger partial charge in [0.2, 0.25) is 0 Å². The largest absolute Gasteiger partial charge is 0.490 e. The van der Waals surface area contributed by atoms with Crippen molar-refractivity contribution < 1.29 is 23.9 Å². The predicted molar refractivity (Wildman–Crippen MR) is 151 cm³/mol. The van der Waals surface area contributed by atoms with E-state index in [0.29, 0.717) is 54.2 Å². The summed E-state index contributed by atoms with van der Waals surface area (Å²) < 4.78 is 11.5. The molecule has 1 aliphatic heterocycles. The number of carbonyl (C=O) groups excluding carboxylic acids is 2. The Hall–Kier alpha value is -3.56. The van der Waals surface area contributed by atoms with Crippen molar-refractivity contribution in [3.63, 3.8) is 0 Å². The number of nitrogens with two attached hydrogens (primary N) is 2. The van der Waals surface area contributed by atoms with Crippen molar-refractivity contribution >= 4 is 45.8 Å². The second kappa shape index (κ2) is 11.5. The van der Waals surface area contributed by atoms with E-state index >= 15 is 0 Å². The number of nitrogen functional groups attached to an aromatic ring is 1. The summed E-state index contributed by atoms with van der Waals surface area (Å²) in [6, 6.07) is 5.24. The van der Waals surface area contributed by atoms with Crippen molar-refractivity contribution in [2.24, 2.45) is 10.9 Å². The molecular formula is C27H33ClN6O5S. The number of pyridine rings is 1. The molecule has 0 aromatic carbocycles. The van der Waals surface area contributed by atoms with E-state index in [4.69, 9.17) is 37.4 Å². The number of amides is 1. The standard InChI is InChI=1S/C27H33ClN6O5S/c1-26(2,3)38-25(36)34-10-7-15(8-11-34)37-16-12-18(32-20(28)13-16)22(30)33-39-24(35)27(4)9-5-6-19-21(27)17(14-29)23(31)40-19/h12-13,15H,5-11,31H2,1-4H3,(H2,30,33)/t27-/m0/s1. The fourth-order valence-electron chi connectivity index (χ4n) is 4.89. The van der Waals surface area contributed by atoms with E-state index in [2.05, 4.69) is 16.2 Å². The third kappa shape index (κ3) is 6.42. The number of amidine groups is 1. The first-order chi connectivity index (χ1) is 18.8. The minimum atomic E-state index is -1.08. The first-order valence-corrected chi connectivity index (χ1v) is 14.2. The van der Waals surface area contributed by atoms with Crippen LogP contribution < -0.4 is 16.2 Å². The summed E-state index contributed by atoms with van der Waals surface area (Å²) in [6.07, 6.45) is 2.68. The third-order valence-electron chi connectivity index (χ3n) is 6.86. The number of anilines is 1. The Morgan fingerprint density at radius 1 is 1.30 bits per heavy atom. The zero-order valence-electron chi connectivity index (χ0n) is 23.0. The topological polar surface area (TPSA) is 166 Å².